The van der Waals surface area contributed by atoms with E-state index < -0.39 is 17.5 Å². The van der Waals surface area contributed by atoms with Crippen molar-refractivity contribution in [1.82, 2.24) is 10.6 Å². The maximum atomic E-state index is 11.6. The molecule has 0 bridgehead atoms. The second-order valence-corrected chi connectivity index (χ2v) is 5.18. The topological polar surface area (TPSA) is 78.4 Å². The first-order valence-electron chi connectivity index (χ1n) is 6.62. The first kappa shape index (κ1) is 16.7. The molecule has 3 N–H and O–H groups in total. The van der Waals surface area contributed by atoms with Crippen molar-refractivity contribution < 1.29 is 14.7 Å². The molecule has 0 aromatic carbocycles. The van der Waals surface area contributed by atoms with Crippen molar-refractivity contribution in [1.29, 1.82) is 0 Å². The lowest BCUT2D eigenvalue weighted by Gasteiger charge is -2.22. The third-order valence-electron chi connectivity index (χ3n) is 3.06. The number of carbonyl (C=O) groups is 2. The fraction of sp³-hybridized carbons (Fsp3) is 0.846. The number of carboxylic acids is 1. The molecule has 106 valence electrons. The van der Waals surface area contributed by atoms with E-state index in [-0.39, 0.29) is 0 Å². The molecule has 0 aliphatic rings. The lowest BCUT2D eigenvalue weighted by atomic mass is 9.99. The quantitative estimate of drug-likeness (QED) is 0.625. The van der Waals surface area contributed by atoms with Crippen molar-refractivity contribution in [3.05, 3.63) is 0 Å². The van der Waals surface area contributed by atoms with Gasteiger partial charge in [-0.15, -0.1) is 0 Å². The molecule has 0 aliphatic heterocycles. The third kappa shape index (κ3) is 6.47. The van der Waals surface area contributed by atoms with Crippen LogP contribution in [0.5, 0.6) is 0 Å². The van der Waals surface area contributed by atoms with Gasteiger partial charge in [-0.3, -0.25) is 0 Å². The zero-order valence-electron chi connectivity index (χ0n) is 11.9. The molecule has 0 fully saturated rings. The monoisotopic (exact) mass is 258 g/mol. The van der Waals surface area contributed by atoms with Crippen LogP contribution in [0.15, 0.2) is 0 Å². The number of carbonyl (C=O) groups excluding carboxylic acids is 1. The Bertz CT molecular complexity index is 277. The molecule has 0 saturated heterocycles. The molecule has 0 aliphatic carbocycles. The summed E-state index contributed by atoms with van der Waals surface area (Å²) in [6.45, 7) is 7.76. The SMILES string of the molecule is CCCCC(CC)CNC(=O)NC(C)(C)C(=O)O. The standard InChI is InChI=1S/C13H26N2O3/c1-5-7-8-10(6-2)9-14-12(18)15-13(3,4)11(16)17/h10H,5-9H2,1-4H3,(H,16,17)(H2,14,15,18). The van der Waals surface area contributed by atoms with Crippen molar-refractivity contribution in [2.75, 3.05) is 6.54 Å². The highest BCUT2D eigenvalue weighted by Crippen LogP contribution is 2.11. The van der Waals surface area contributed by atoms with Crippen LogP contribution in [0.2, 0.25) is 0 Å². The average molecular weight is 258 g/mol. The van der Waals surface area contributed by atoms with Crippen LogP contribution in [-0.2, 0) is 4.79 Å². The Morgan fingerprint density at radius 3 is 2.33 bits per heavy atom. The van der Waals surface area contributed by atoms with Gasteiger partial charge in [0, 0.05) is 6.54 Å². The summed E-state index contributed by atoms with van der Waals surface area (Å²) in [7, 11) is 0. The molecule has 0 radical (unpaired) electrons. The molecule has 1 atom stereocenters. The van der Waals surface area contributed by atoms with Crippen LogP contribution in [0.4, 0.5) is 4.79 Å². The molecule has 0 saturated carbocycles. The van der Waals surface area contributed by atoms with Gasteiger partial charge in [0.05, 0.1) is 0 Å². The Kier molecular flexibility index (Phi) is 7.39. The molecule has 18 heavy (non-hydrogen) atoms. The van der Waals surface area contributed by atoms with E-state index >= 15 is 0 Å². The van der Waals surface area contributed by atoms with E-state index in [2.05, 4.69) is 24.5 Å². The fourth-order valence-electron chi connectivity index (χ4n) is 1.56. The van der Waals surface area contributed by atoms with E-state index in [4.69, 9.17) is 5.11 Å². The summed E-state index contributed by atoms with van der Waals surface area (Å²) in [5, 5.41) is 14.1. The Morgan fingerprint density at radius 1 is 1.28 bits per heavy atom. The zero-order chi connectivity index (χ0) is 14.2. The summed E-state index contributed by atoms with van der Waals surface area (Å²) in [6, 6.07) is -0.419. The second kappa shape index (κ2) is 7.95. The van der Waals surface area contributed by atoms with E-state index in [1.807, 2.05) is 0 Å². The average Bonchev–Trinajstić information content (AvgIpc) is 2.28. The summed E-state index contributed by atoms with van der Waals surface area (Å²) in [4.78, 5) is 22.4. The van der Waals surface area contributed by atoms with E-state index in [0.29, 0.717) is 12.5 Å². The number of rotatable bonds is 8. The summed E-state index contributed by atoms with van der Waals surface area (Å²) >= 11 is 0. The van der Waals surface area contributed by atoms with E-state index in [0.717, 1.165) is 25.7 Å². The molecule has 0 spiro atoms. The minimum absolute atomic E-state index is 0.419. The Morgan fingerprint density at radius 2 is 1.89 bits per heavy atom. The van der Waals surface area contributed by atoms with Crippen LogP contribution in [-0.4, -0.2) is 29.2 Å². The Balaban J connectivity index is 4.05. The fourth-order valence-corrected chi connectivity index (χ4v) is 1.56. The molecule has 0 aromatic heterocycles. The van der Waals surface area contributed by atoms with Crippen LogP contribution in [0.3, 0.4) is 0 Å². The number of unbranched alkanes of at least 4 members (excludes halogenated alkanes) is 1. The second-order valence-electron chi connectivity index (χ2n) is 5.18. The van der Waals surface area contributed by atoms with Gasteiger partial charge in [-0.25, -0.2) is 9.59 Å². The first-order chi connectivity index (χ1) is 8.33. The van der Waals surface area contributed by atoms with Crippen LogP contribution < -0.4 is 10.6 Å². The van der Waals surface area contributed by atoms with Crippen molar-refractivity contribution >= 4 is 12.0 Å². The van der Waals surface area contributed by atoms with Gasteiger partial charge >= 0.3 is 12.0 Å². The minimum Gasteiger partial charge on any atom is -0.480 e. The predicted molar refractivity (Wildman–Crippen MR) is 71.6 cm³/mol. The van der Waals surface area contributed by atoms with Gasteiger partial charge in [0.25, 0.3) is 0 Å². The first-order valence-corrected chi connectivity index (χ1v) is 6.62. The highest BCUT2D eigenvalue weighted by molar-refractivity contribution is 5.85. The number of carboxylic acid groups (broad SMARTS) is 1. The Hall–Kier alpha value is -1.26. The highest BCUT2D eigenvalue weighted by Gasteiger charge is 2.28. The van der Waals surface area contributed by atoms with Crippen LogP contribution in [0.1, 0.15) is 53.4 Å². The van der Waals surface area contributed by atoms with E-state index in [1.165, 1.54) is 13.8 Å². The molecular formula is C13H26N2O3. The number of nitrogens with one attached hydrogen (secondary N) is 2. The summed E-state index contributed by atoms with van der Waals surface area (Å²) in [5.41, 5.74) is -1.24. The van der Waals surface area contributed by atoms with Gasteiger partial charge in [-0.1, -0.05) is 33.1 Å². The van der Waals surface area contributed by atoms with Gasteiger partial charge in [0.2, 0.25) is 0 Å². The zero-order valence-corrected chi connectivity index (χ0v) is 11.9. The molecule has 5 heteroatoms. The van der Waals surface area contributed by atoms with Crippen LogP contribution in [0, 0.1) is 5.92 Å². The molecule has 0 aromatic rings. The third-order valence-corrected chi connectivity index (χ3v) is 3.06. The molecule has 2 amide bonds. The maximum absolute atomic E-state index is 11.6. The maximum Gasteiger partial charge on any atom is 0.328 e. The van der Waals surface area contributed by atoms with Gasteiger partial charge in [-0.2, -0.15) is 0 Å². The van der Waals surface area contributed by atoms with Gasteiger partial charge in [0.15, 0.2) is 0 Å². The van der Waals surface area contributed by atoms with Crippen LogP contribution in [0.25, 0.3) is 0 Å². The lowest BCUT2D eigenvalue weighted by molar-refractivity contribution is -0.142. The summed E-state index contributed by atoms with van der Waals surface area (Å²) in [6.07, 6.45) is 4.41. The van der Waals surface area contributed by atoms with Crippen molar-refractivity contribution in [2.24, 2.45) is 5.92 Å². The molecule has 1 unspecified atom stereocenters. The highest BCUT2D eigenvalue weighted by atomic mass is 16.4. The van der Waals surface area contributed by atoms with E-state index in [9.17, 15) is 9.59 Å². The lowest BCUT2D eigenvalue weighted by Crippen LogP contribution is -2.53. The minimum atomic E-state index is -1.24. The molecule has 0 rings (SSSR count). The van der Waals surface area contributed by atoms with Gasteiger partial charge in [-0.05, 0) is 26.2 Å². The number of urea groups is 1. The smallest absolute Gasteiger partial charge is 0.328 e. The number of hydrogen-bond donors (Lipinski definition) is 3. The van der Waals surface area contributed by atoms with Gasteiger partial charge in [0.1, 0.15) is 5.54 Å². The van der Waals surface area contributed by atoms with Crippen LogP contribution >= 0.6 is 0 Å². The molecular weight excluding hydrogens is 232 g/mol. The summed E-state index contributed by atoms with van der Waals surface area (Å²) in [5.74, 6) is -0.584. The molecule has 0 heterocycles. The van der Waals surface area contributed by atoms with Crippen molar-refractivity contribution in [2.45, 2.75) is 58.9 Å². The predicted octanol–water partition coefficient (Wildman–Crippen LogP) is 2.37. The number of hydrogen-bond acceptors (Lipinski definition) is 2. The van der Waals surface area contributed by atoms with Crippen molar-refractivity contribution in [3.63, 3.8) is 0 Å². The normalized spacial score (nSPS) is 12.9. The summed E-state index contributed by atoms with van der Waals surface area (Å²) < 4.78 is 0. The molecule has 5 nitrogen and oxygen atoms in total. The van der Waals surface area contributed by atoms with Gasteiger partial charge < -0.3 is 15.7 Å². The number of amides is 2. The van der Waals surface area contributed by atoms with E-state index in [1.54, 1.807) is 0 Å². The van der Waals surface area contributed by atoms with Crippen molar-refractivity contribution in [3.8, 4) is 0 Å². The largest absolute Gasteiger partial charge is 0.480 e. The number of aliphatic carboxylic acids is 1. The Labute approximate surface area is 109 Å².